The van der Waals surface area contributed by atoms with Crippen molar-refractivity contribution in [1.82, 2.24) is 5.32 Å². The maximum absolute atomic E-state index is 12.6. The molecule has 1 heterocycles. The number of carbonyl (C=O) groups is 2. The van der Waals surface area contributed by atoms with Gasteiger partial charge in [0, 0.05) is 4.88 Å². The van der Waals surface area contributed by atoms with E-state index in [2.05, 4.69) is 5.32 Å². The van der Waals surface area contributed by atoms with Crippen LogP contribution in [0.3, 0.4) is 0 Å². The van der Waals surface area contributed by atoms with Crippen LogP contribution >= 0.6 is 11.3 Å². The smallest absolute Gasteiger partial charge is 0.341 e. The van der Waals surface area contributed by atoms with Crippen LogP contribution in [-0.2, 0) is 15.0 Å². The number of benzene rings is 1. The summed E-state index contributed by atoms with van der Waals surface area (Å²) in [5, 5.41) is 13.6. The molecular formula is C18H21NO4S. The highest BCUT2D eigenvalue weighted by atomic mass is 32.1. The predicted molar refractivity (Wildman–Crippen MR) is 93.5 cm³/mol. The molecule has 0 aliphatic rings. The number of carboxylic acid groups (broad SMARTS) is 1. The summed E-state index contributed by atoms with van der Waals surface area (Å²) in [5.41, 5.74) is 0.334. The van der Waals surface area contributed by atoms with Gasteiger partial charge in [-0.1, -0.05) is 18.2 Å². The van der Waals surface area contributed by atoms with Crippen LogP contribution in [0.15, 0.2) is 41.8 Å². The Bertz CT molecular complexity index is 692. The van der Waals surface area contributed by atoms with E-state index in [1.165, 1.54) is 0 Å². The molecule has 0 fully saturated rings. The average molecular weight is 347 g/mol. The number of ether oxygens (including phenoxy) is 1. The molecule has 1 aromatic carbocycles. The fourth-order valence-corrected chi connectivity index (χ4v) is 3.05. The number of hydrogen-bond acceptors (Lipinski definition) is 4. The summed E-state index contributed by atoms with van der Waals surface area (Å²) in [5.74, 6) is -0.572. The lowest BCUT2D eigenvalue weighted by molar-refractivity contribution is -0.139. The molecule has 0 saturated carbocycles. The SMILES string of the molecule is CC(NC(=O)C(C)(C)c1cccs1)c1ccc(OCC(=O)O)cc1. The molecule has 5 nitrogen and oxygen atoms in total. The quantitative estimate of drug-likeness (QED) is 0.805. The van der Waals surface area contributed by atoms with Crippen molar-refractivity contribution >= 4 is 23.2 Å². The Labute approximate surface area is 145 Å². The third-order valence-corrected chi connectivity index (χ3v) is 4.99. The number of nitrogens with one attached hydrogen (secondary N) is 1. The highest BCUT2D eigenvalue weighted by Crippen LogP contribution is 2.28. The van der Waals surface area contributed by atoms with Crippen molar-refractivity contribution in [3.63, 3.8) is 0 Å². The Morgan fingerprint density at radius 1 is 1.25 bits per heavy atom. The zero-order valence-electron chi connectivity index (χ0n) is 13.9. The Morgan fingerprint density at radius 3 is 2.46 bits per heavy atom. The van der Waals surface area contributed by atoms with Crippen molar-refractivity contribution in [1.29, 1.82) is 0 Å². The summed E-state index contributed by atoms with van der Waals surface area (Å²) in [4.78, 5) is 24.1. The number of hydrogen-bond donors (Lipinski definition) is 2. The molecule has 128 valence electrons. The number of amides is 1. The molecule has 2 N–H and O–H groups in total. The van der Waals surface area contributed by atoms with Crippen LogP contribution in [0.5, 0.6) is 5.75 Å². The van der Waals surface area contributed by atoms with Crippen LogP contribution < -0.4 is 10.1 Å². The third-order valence-electron chi connectivity index (χ3n) is 3.79. The lowest BCUT2D eigenvalue weighted by Gasteiger charge is -2.25. The van der Waals surface area contributed by atoms with E-state index in [-0.39, 0.29) is 18.6 Å². The number of aliphatic carboxylic acids is 1. The second-order valence-electron chi connectivity index (χ2n) is 6.05. The first kappa shape index (κ1) is 18.0. The summed E-state index contributed by atoms with van der Waals surface area (Å²) in [6, 6.07) is 10.8. The maximum Gasteiger partial charge on any atom is 0.341 e. The van der Waals surface area contributed by atoms with Gasteiger partial charge in [-0.05, 0) is 49.9 Å². The van der Waals surface area contributed by atoms with Crippen molar-refractivity contribution in [3.8, 4) is 5.75 Å². The van der Waals surface area contributed by atoms with Crippen LogP contribution in [0.4, 0.5) is 0 Å². The lowest BCUT2D eigenvalue weighted by atomic mass is 9.89. The molecule has 1 aromatic heterocycles. The van der Waals surface area contributed by atoms with E-state index in [1.54, 1.807) is 23.5 Å². The van der Waals surface area contributed by atoms with Crippen LogP contribution in [0.2, 0.25) is 0 Å². The van der Waals surface area contributed by atoms with Gasteiger partial charge >= 0.3 is 5.97 Å². The number of thiophene rings is 1. The van der Waals surface area contributed by atoms with Gasteiger partial charge in [0.05, 0.1) is 11.5 Å². The Morgan fingerprint density at radius 2 is 1.92 bits per heavy atom. The van der Waals surface area contributed by atoms with Crippen LogP contribution in [0.25, 0.3) is 0 Å². The number of rotatable bonds is 7. The molecule has 1 unspecified atom stereocenters. The Kier molecular flexibility index (Phi) is 5.62. The number of carboxylic acids is 1. The first-order chi connectivity index (χ1) is 11.3. The topological polar surface area (TPSA) is 75.6 Å². The van der Waals surface area contributed by atoms with Crippen LogP contribution in [-0.4, -0.2) is 23.6 Å². The molecule has 0 aliphatic carbocycles. The molecule has 0 spiro atoms. The van der Waals surface area contributed by atoms with E-state index >= 15 is 0 Å². The Balaban J connectivity index is 2.00. The third kappa shape index (κ3) is 4.35. The molecule has 1 atom stereocenters. The van der Waals surface area contributed by atoms with E-state index in [0.29, 0.717) is 5.75 Å². The normalized spacial score (nSPS) is 12.5. The first-order valence-electron chi connectivity index (χ1n) is 7.60. The summed E-state index contributed by atoms with van der Waals surface area (Å²) < 4.78 is 5.10. The highest BCUT2D eigenvalue weighted by molar-refractivity contribution is 7.10. The fraction of sp³-hybridized carbons (Fsp3) is 0.333. The Hall–Kier alpha value is -2.34. The fourth-order valence-electron chi connectivity index (χ4n) is 2.20. The highest BCUT2D eigenvalue weighted by Gasteiger charge is 2.31. The van der Waals surface area contributed by atoms with E-state index in [9.17, 15) is 9.59 Å². The van der Waals surface area contributed by atoms with Crippen molar-refractivity contribution in [3.05, 3.63) is 52.2 Å². The van der Waals surface area contributed by atoms with Gasteiger partial charge in [0.15, 0.2) is 6.61 Å². The molecule has 6 heteroatoms. The molecule has 1 amide bonds. The molecule has 0 saturated heterocycles. The maximum atomic E-state index is 12.6. The summed E-state index contributed by atoms with van der Waals surface area (Å²) in [6.45, 7) is 5.35. The minimum Gasteiger partial charge on any atom is -0.482 e. The van der Waals surface area contributed by atoms with Gasteiger partial charge in [0.2, 0.25) is 5.91 Å². The van der Waals surface area contributed by atoms with Crippen molar-refractivity contribution < 1.29 is 19.4 Å². The molecule has 0 aliphatic heterocycles. The molecule has 2 aromatic rings. The second kappa shape index (κ2) is 7.49. The van der Waals surface area contributed by atoms with Crippen LogP contribution in [0.1, 0.15) is 37.3 Å². The van der Waals surface area contributed by atoms with Gasteiger partial charge < -0.3 is 15.2 Å². The molecular weight excluding hydrogens is 326 g/mol. The van der Waals surface area contributed by atoms with Crippen molar-refractivity contribution in [2.45, 2.75) is 32.2 Å². The predicted octanol–water partition coefficient (Wildman–Crippen LogP) is 3.37. The van der Waals surface area contributed by atoms with E-state index in [0.717, 1.165) is 10.4 Å². The first-order valence-corrected chi connectivity index (χ1v) is 8.48. The zero-order valence-corrected chi connectivity index (χ0v) is 14.7. The van der Waals surface area contributed by atoms with Crippen molar-refractivity contribution in [2.24, 2.45) is 0 Å². The van der Waals surface area contributed by atoms with Gasteiger partial charge in [-0.3, -0.25) is 4.79 Å². The second-order valence-corrected chi connectivity index (χ2v) is 7.00. The van der Waals surface area contributed by atoms with Gasteiger partial charge in [-0.2, -0.15) is 0 Å². The van der Waals surface area contributed by atoms with Gasteiger partial charge in [0.1, 0.15) is 5.75 Å². The standard InChI is InChI=1S/C18H21NO4S/c1-12(13-6-8-14(9-7-13)23-11-16(20)21)19-17(22)18(2,3)15-5-4-10-24-15/h4-10,12H,11H2,1-3H3,(H,19,22)(H,20,21). The minimum absolute atomic E-state index is 0.0383. The van der Waals surface area contributed by atoms with Gasteiger partial charge in [-0.15, -0.1) is 11.3 Å². The zero-order chi connectivity index (χ0) is 17.7. The van der Waals surface area contributed by atoms with Gasteiger partial charge in [-0.25, -0.2) is 4.79 Å². The average Bonchev–Trinajstić information content (AvgIpc) is 3.08. The molecule has 0 bridgehead atoms. The summed E-state index contributed by atoms with van der Waals surface area (Å²) in [7, 11) is 0. The minimum atomic E-state index is -1.02. The number of carbonyl (C=O) groups excluding carboxylic acids is 1. The molecule has 2 rings (SSSR count). The van der Waals surface area contributed by atoms with Crippen LogP contribution in [0, 0.1) is 0 Å². The van der Waals surface area contributed by atoms with E-state index < -0.39 is 11.4 Å². The van der Waals surface area contributed by atoms with E-state index in [1.807, 2.05) is 50.4 Å². The summed E-state index contributed by atoms with van der Waals surface area (Å²) in [6.07, 6.45) is 0. The molecule has 24 heavy (non-hydrogen) atoms. The van der Waals surface area contributed by atoms with Gasteiger partial charge in [0.25, 0.3) is 0 Å². The van der Waals surface area contributed by atoms with E-state index in [4.69, 9.17) is 9.84 Å². The van der Waals surface area contributed by atoms with Crippen molar-refractivity contribution in [2.75, 3.05) is 6.61 Å². The summed E-state index contributed by atoms with van der Waals surface area (Å²) >= 11 is 1.57. The largest absolute Gasteiger partial charge is 0.482 e. The molecule has 0 radical (unpaired) electrons. The lowest BCUT2D eigenvalue weighted by Crippen LogP contribution is -2.40. The monoisotopic (exact) mass is 347 g/mol.